The van der Waals surface area contributed by atoms with Crippen molar-refractivity contribution in [3.05, 3.63) is 89.0 Å². The van der Waals surface area contributed by atoms with Crippen molar-refractivity contribution >= 4 is 38.7 Å². The first-order chi connectivity index (χ1) is 17.2. The number of carbonyl (C=O) groups is 1. The molecule has 186 valence electrons. The molecule has 9 heteroatoms. The minimum atomic E-state index is -3.80. The van der Waals surface area contributed by atoms with E-state index in [9.17, 15) is 13.2 Å². The van der Waals surface area contributed by atoms with Gasteiger partial charge in [0.25, 0.3) is 0 Å². The number of amides is 1. The van der Waals surface area contributed by atoms with Gasteiger partial charge in [0.05, 0.1) is 21.7 Å². The van der Waals surface area contributed by atoms with Crippen LogP contribution in [-0.4, -0.2) is 52.3 Å². The molecule has 0 bridgehead atoms. The Bertz CT molecular complexity index is 1510. The summed E-state index contributed by atoms with van der Waals surface area (Å²) in [5.74, 6) is 0.0170. The summed E-state index contributed by atoms with van der Waals surface area (Å²) in [5, 5.41) is 0.666. The Morgan fingerprint density at radius 2 is 1.58 bits per heavy atom. The van der Waals surface area contributed by atoms with Crippen LogP contribution < -0.4 is 0 Å². The summed E-state index contributed by atoms with van der Waals surface area (Å²) in [6.45, 7) is 6.47. The molecule has 1 aromatic heterocycles. The maximum absolute atomic E-state index is 13.6. The summed E-state index contributed by atoms with van der Waals surface area (Å²) < 4.78 is 28.7. The average molecular weight is 521 g/mol. The standard InChI is InChI=1S/C27H28N4O3S2/c1-18-4-9-21(10-5-18)26-30(14-15-31(26)36(33,34)22-11-6-19(2)7-12-22)25(32)17-35-27-28-23-13-8-20(3)16-24(23)29-27/h4-13,16,26H,14-15,17H2,1-3H3,(H,28,29)/t26-/m0/s1. The van der Waals surface area contributed by atoms with E-state index in [1.165, 1.54) is 16.1 Å². The molecule has 0 unspecified atom stereocenters. The van der Waals surface area contributed by atoms with E-state index in [1.54, 1.807) is 29.2 Å². The molecule has 4 aromatic rings. The summed E-state index contributed by atoms with van der Waals surface area (Å²) in [6, 6.07) is 20.5. The SMILES string of the molecule is Cc1ccc([C@H]2N(C(=O)CSc3nc4ccc(C)cc4[nH]3)CCN2S(=O)(=O)c2ccc(C)cc2)cc1. The average Bonchev–Trinajstić information content (AvgIpc) is 3.48. The normalized spacial score (nSPS) is 16.6. The number of carbonyl (C=O) groups excluding carboxylic acids is 1. The maximum atomic E-state index is 13.6. The number of hydrogen-bond acceptors (Lipinski definition) is 5. The molecule has 2 heterocycles. The number of nitrogens with one attached hydrogen (secondary N) is 1. The first kappa shape index (κ1) is 24.5. The first-order valence-electron chi connectivity index (χ1n) is 11.8. The van der Waals surface area contributed by atoms with Crippen LogP contribution >= 0.6 is 11.8 Å². The molecule has 1 N–H and O–H groups in total. The number of H-pyrrole nitrogens is 1. The summed E-state index contributed by atoms with van der Waals surface area (Å²) >= 11 is 1.33. The van der Waals surface area contributed by atoms with Gasteiger partial charge in [-0.15, -0.1) is 0 Å². The monoisotopic (exact) mass is 520 g/mol. The molecule has 36 heavy (non-hydrogen) atoms. The third kappa shape index (κ3) is 4.78. The van der Waals surface area contributed by atoms with Crippen LogP contribution in [0.2, 0.25) is 0 Å². The third-order valence-electron chi connectivity index (χ3n) is 6.40. The summed E-state index contributed by atoms with van der Waals surface area (Å²) in [6.07, 6.45) is -0.705. The number of hydrogen-bond donors (Lipinski definition) is 1. The van der Waals surface area contributed by atoms with Gasteiger partial charge in [0.1, 0.15) is 6.17 Å². The van der Waals surface area contributed by atoms with Crippen molar-refractivity contribution in [2.75, 3.05) is 18.8 Å². The molecule has 1 saturated heterocycles. The topological polar surface area (TPSA) is 86.4 Å². The molecule has 0 spiro atoms. The molecule has 1 aliphatic rings. The predicted octanol–water partition coefficient (Wildman–Crippen LogP) is 4.81. The molecule has 1 atom stereocenters. The maximum Gasteiger partial charge on any atom is 0.245 e. The van der Waals surface area contributed by atoms with E-state index in [0.29, 0.717) is 11.7 Å². The van der Waals surface area contributed by atoms with E-state index in [0.717, 1.165) is 33.3 Å². The van der Waals surface area contributed by atoms with E-state index in [4.69, 9.17) is 0 Å². The number of imidazole rings is 1. The third-order valence-corrected chi connectivity index (χ3v) is 9.13. The number of sulfonamides is 1. The van der Waals surface area contributed by atoms with E-state index in [-0.39, 0.29) is 23.1 Å². The number of thioether (sulfide) groups is 1. The lowest BCUT2D eigenvalue weighted by atomic mass is 10.1. The largest absolute Gasteiger partial charge is 0.333 e. The minimum absolute atomic E-state index is 0.135. The van der Waals surface area contributed by atoms with Crippen LogP contribution in [0.25, 0.3) is 11.0 Å². The van der Waals surface area contributed by atoms with Crippen LogP contribution in [0, 0.1) is 20.8 Å². The van der Waals surface area contributed by atoms with E-state index in [2.05, 4.69) is 9.97 Å². The molecule has 1 aliphatic heterocycles. The molecule has 7 nitrogen and oxygen atoms in total. The minimum Gasteiger partial charge on any atom is -0.333 e. The van der Waals surface area contributed by atoms with Crippen LogP contribution in [0.5, 0.6) is 0 Å². The van der Waals surface area contributed by atoms with Gasteiger partial charge in [-0.1, -0.05) is 65.4 Å². The molecule has 3 aromatic carbocycles. The van der Waals surface area contributed by atoms with Crippen molar-refractivity contribution in [2.45, 2.75) is 37.0 Å². The van der Waals surface area contributed by atoms with E-state index < -0.39 is 16.2 Å². The number of benzene rings is 3. The van der Waals surface area contributed by atoms with Gasteiger partial charge in [-0.3, -0.25) is 4.79 Å². The Balaban J connectivity index is 1.41. The zero-order valence-corrected chi connectivity index (χ0v) is 22.1. The second kappa shape index (κ2) is 9.72. The van der Waals surface area contributed by atoms with Gasteiger partial charge < -0.3 is 9.88 Å². The number of rotatable bonds is 6. The van der Waals surface area contributed by atoms with Crippen LogP contribution in [0.1, 0.15) is 28.4 Å². The van der Waals surface area contributed by atoms with E-state index >= 15 is 0 Å². The van der Waals surface area contributed by atoms with Crippen molar-refractivity contribution in [1.82, 2.24) is 19.2 Å². The van der Waals surface area contributed by atoms with Crippen LogP contribution in [0.15, 0.2) is 76.8 Å². The van der Waals surface area contributed by atoms with Crippen LogP contribution in [-0.2, 0) is 14.8 Å². The Morgan fingerprint density at radius 1 is 0.944 bits per heavy atom. The Hall–Kier alpha value is -3.14. The highest BCUT2D eigenvalue weighted by atomic mass is 32.2. The highest BCUT2D eigenvalue weighted by Crippen LogP contribution is 2.36. The Morgan fingerprint density at radius 3 is 2.28 bits per heavy atom. The summed E-state index contributed by atoms with van der Waals surface area (Å²) in [7, 11) is -3.80. The van der Waals surface area contributed by atoms with Crippen LogP contribution in [0.3, 0.4) is 0 Å². The second-order valence-corrected chi connectivity index (χ2v) is 12.0. The van der Waals surface area contributed by atoms with Gasteiger partial charge in [-0.2, -0.15) is 4.31 Å². The smallest absolute Gasteiger partial charge is 0.245 e. The summed E-state index contributed by atoms with van der Waals surface area (Å²) in [4.78, 5) is 23.2. The summed E-state index contributed by atoms with van der Waals surface area (Å²) in [5.41, 5.74) is 5.74. The van der Waals surface area contributed by atoms with Gasteiger partial charge in [-0.05, 0) is 56.2 Å². The fraction of sp³-hybridized carbons (Fsp3) is 0.259. The van der Waals surface area contributed by atoms with Gasteiger partial charge >= 0.3 is 0 Å². The van der Waals surface area contributed by atoms with Crippen LogP contribution in [0.4, 0.5) is 0 Å². The fourth-order valence-corrected chi connectivity index (χ4v) is 6.77. The Labute approximate surface area is 215 Å². The molecule has 1 amide bonds. The van der Waals surface area contributed by atoms with Crippen molar-refractivity contribution in [2.24, 2.45) is 0 Å². The quantitative estimate of drug-likeness (QED) is 0.369. The number of aromatic amines is 1. The molecular formula is C27H28N4O3S2. The highest BCUT2D eigenvalue weighted by molar-refractivity contribution is 7.99. The zero-order chi connectivity index (χ0) is 25.4. The Kier molecular flexibility index (Phi) is 6.63. The first-order valence-corrected chi connectivity index (χ1v) is 14.2. The van der Waals surface area contributed by atoms with Gasteiger partial charge in [0.2, 0.25) is 15.9 Å². The molecule has 1 fully saturated rings. The number of aromatic nitrogens is 2. The van der Waals surface area contributed by atoms with Crippen molar-refractivity contribution < 1.29 is 13.2 Å². The van der Waals surface area contributed by atoms with E-state index in [1.807, 2.05) is 63.2 Å². The van der Waals surface area contributed by atoms with Gasteiger partial charge in [0.15, 0.2) is 5.16 Å². The zero-order valence-electron chi connectivity index (χ0n) is 20.4. The second-order valence-electron chi connectivity index (χ2n) is 9.15. The number of aryl methyl sites for hydroxylation is 3. The number of fused-ring (bicyclic) bond motifs is 1. The highest BCUT2D eigenvalue weighted by Gasteiger charge is 2.43. The lowest BCUT2D eigenvalue weighted by Gasteiger charge is -2.30. The molecular weight excluding hydrogens is 492 g/mol. The van der Waals surface area contributed by atoms with Gasteiger partial charge in [-0.25, -0.2) is 13.4 Å². The molecule has 0 saturated carbocycles. The fourth-order valence-electron chi connectivity index (χ4n) is 4.43. The van der Waals surface area contributed by atoms with Crippen molar-refractivity contribution in [1.29, 1.82) is 0 Å². The molecule has 5 rings (SSSR count). The van der Waals surface area contributed by atoms with Crippen molar-refractivity contribution in [3.63, 3.8) is 0 Å². The lowest BCUT2D eigenvalue weighted by Crippen LogP contribution is -2.38. The lowest BCUT2D eigenvalue weighted by molar-refractivity contribution is -0.130. The molecule has 0 radical (unpaired) electrons. The number of nitrogens with zero attached hydrogens (tertiary/aromatic N) is 3. The van der Waals surface area contributed by atoms with Crippen molar-refractivity contribution in [3.8, 4) is 0 Å². The predicted molar refractivity (Wildman–Crippen MR) is 142 cm³/mol. The van der Waals surface area contributed by atoms with Gasteiger partial charge in [0, 0.05) is 13.1 Å². The molecule has 0 aliphatic carbocycles.